The standard InChI is InChI=1S/C14H23N3O3S/c1-11(2)10-21(19,20)8-5-14(18)16-12-3-4-13-15-6-7-17(13)9-12/h6-7,11-12H,3-5,8-10H2,1-2H3,(H,16,18). The Morgan fingerprint density at radius 3 is 3.00 bits per heavy atom. The number of nitrogens with one attached hydrogen (secondary N) is 1. The first-order valence-corrected chi connectivity index (χ1v) is 9.17. The first-order valence-electron chi connectivity index (χ1n) is 7.35. The van der Waals surface area contributed by atoms with Crippen LogP contribution in [-0.2, 0) is 27.6 Å². The second kappa shape index (κ2) is 6.60. The van der Waals surface area contributed by atoms with E-state index in [0.29, 0.717) is 6.54 Å². The highest BCUT2D eigenvalue weighted by Crippen LogP contribution is 2.13. The maximum atomic E-state index is 11.9. The maximum absolute atomic E-state index is 11.9. The lowest BCUT2D eigenvalue weighted by Gasteiger charge is -2.24. The molecule has 1 unspecified atom stereocenters. The molecule has 0 bridgehead atoms. The molecule has 0 fully saturated rings. The average Bonchev–Trinajstić information content (AvgIpc) is 2.82. The Morgan fingerprint density at radius 2 is 2.29 bits per heavy atom. The molecule has 0 saturated carbocycles. The summed E-state index contributed by atoms with van der Waals surface area (Å²) in [6.07, 6.45) is 5.40. The normalized spacial score (nSPS) is 18.5. The zero-order valence-corrected chi connectivity index (χ0v) is 13.4. The fourth-order valence-electron chi connectivity index (χ4n) is 2.62. The first-order chi connectivity index (χ1) is 9.85. The number of carbonyl (C=O) groups is 1. The monoisotopic (exact) mass is 313 g/mol. The van der Waals surface area contributed by atoms with Gasteiger partial charge in [-0.05, 0) is 12.3 Å². The largest absolute Gasteiger partial charge is 0.352 e. The quantitative estimate of drug-likeness (QED) is 0.841. The van der Waals surface area contributed by atoms with Gasteiger partial charge in [-0.15, -0.1) is 0 Å². The van der Waals surface area contributed by atoms with Gasteiger partial charge in [-0.3, -0.25) is 4.79 Å². The lowest BCUT2D eigenvalue weighted by molar-refractivity contribution is -0.121. The smallest absolute Gasteiger partial charge is 0.221 e. The topological polar surface area (TPSA) is 81.1 Å². The lowest BCUT2D eigenvalue weighted by atomic mass is 10.1. The van der Waals surface area contributed by atoms with Gasteiger partial charge in [0.05, 0.1) is 11.5 Å². The SMILES string of the molecule is CC(C)CS(=O)(=O)CCC(=O)NC1CCc2nccn2C1. The molecule has 0 aromatic carbocycles. The van der Waals surface area contributed by atoms with Crippen LogP contribution >= 0.6 is 0 Å². The van der Waals surface area contributed by atoms with Gasteiger partial charge in [0, 0.05) is 37.8 Å². The van der Waals surface area contributed by atoms with Crippen LogP contribution in [0.3, 0.4) is 0 Å². The third-order valence-electron chi connectivity index (χ3n) is 3.53. The van der Waals surface area contributed by atoms with Crippen LogP contribution in [0.1, 0.15) is 32.5 Å². The van der Waals surface area contributed by atoms with Gasteiger partial charge in [0.2, 0.25) is 5.91 Å². The number of hydrogen-bond acceptors (Lipinski definition) is 4. The number of amides is 1. The Labute approximate surface area is 125 Å². The number of carbonyl (C=O) groups excluding carboxylic acids is 1. The summed E-state index contributed by atoms with van der Waals surface area (Å²) in [6.45, 7) is 4.44. The molecule has 0 saturated heterocycles. The Morgan fingerprint density at radius 1 is 1.52 bits per heavy atom. The molecule has 1 aliphatic heterocycles. The van der Waals surface area contributed by atoms with Gasteiger partial charge in [-0.2, -0.15) is 0 Å². The second-order valence-corrected chi connectivity index (χ2v) is 8.29. The van der Waals surface area contributed by atoms with E-state index in [1.807, 2.05) is 24.6 Å². The molecule has 0 aliphatic carbocycles. The number of aryl methyl sites for hydroxylation is 1. The van der Waals surface area contributed by atoms with Crippen LogP contribution in [-0.4, -0.2) is 41.4 Å². The molecule has 21 heavy (non-hydrogen) atoms. The minimum Gasteiger partial charge on any atom is -0.352 e. The molecular formula is C14H23N3O3S. The maximum Gasteiger partial charge on any atom is 0.221 e. The van der Waals surface area contributed by atoms with Gasteiger partial charge < -0.3 is 9.88 Å². The number of imidazole rings is 1. The van der Waals surface area contributed by atoms with Gasteiger partial charge in [0.25, 0.3) is 0 Å². The van der Waals surface area contributed by atoms with Crippen LogP contribution in [0.5, 0.6) is 0 Å². The van der Waals surface area contributed by atoms with Crippen LogP contribution in [0.25, 0.3) is 0 Å². The van der Waals surface area contributed by atoms with E-state index in [1.165, 1.54) is 0 Å². The number of fused-ring (bicyclic) bond motifs is 1. The summed E-state index contributed by atoms with van der Waals surface area (Å²) in [5.74, 6) is 1.02. The zero-order valence-electron chi connectivity index (χ0n) is 12.6. The predicted octanol–water partition coefficient (Wildman–Crippen LogP) is 0.775. The van der Waals surface area contributed by atoms with Crippen LogP contribution in [0, 0.1) is 5.92 Å². The molecule has 2 heterocycles. The van der Waals surface area contributed by atoms with Crippen LogP contribution in [0.4, 0.5) is 0 Å². The first kappa shape index (κ1) is 16.0. The van der Waals surface area contributed by atoms with Gasteiger partial charge in [0.1, 0.15) is 5.82 Å². The molecule has 1 amide bonds. The van der Waals surface area contributed by atoms with E-state index in [-0.39, 0.29) is 35.8 Å². The van der Waals surface area contributed by atoms with E-state index >= 15 is 0 Å². The second-order valence-electron chi connectivity index (χ2n) is 6.06. The molecule has 1 aromatic rings. The van der Waals surface area contributed by atoms with Crippen molar-refractivity contribution >= 4 is 15.7 Å². The van der Waals surface area contributed by atoms with Crippen molar-refractivity contribution in [2.24, 2.45) is 5.92 Å². The van der Waals surface area contributed by atoms with Gasteiger partial charge in [0.15, 0.2) is 9.84 Å². The number of hydrogen-bond donors (Lipinski definition) is 1. The summed E-state index contributed by atoms with van der Waals surface area (Å²) in [5.41, 5.74) is 0. The fourth-order valence-corrected chi connectivity index (χ4v) is 4.30. The van der Waals surface area contributed by atoms with Crippen LogP contribution in [0.2, 0.25) is 0 Å². The predicted molar refractivity (Wildman–Crippen MR) is 80.6 cm³/mol. The summed E-state index contributed by atoms with van der Waals surface area (Å²) in [6, 6.07) is 0.0620. The minimum atomic E-state index is -3.13. The molecule has 1 aromatic heterocycles. The number of rotatable bonds is 6. The Bertz CT molecular complexity index is 592. The van der Waals surface area contributed by atoms with Crippen molar-refractivity contribution in [1.29, 1.82) is 0 Å². The molecule has 118 valence electrons. The van der Waals surface area contributed by atoms with Crippen molar-refractivity contribution in [3.63, 3.8) is 0 Å². The van der Waals surface area contributed by atoms with Crippen molar-refractivity contribution < 1.29 is 13.2 Å². The Balaban J connectivity index is 1.78. The molecule has 0 radical (unpaired) electrons. The third-order valence-corrected chi connectivity index (χ3v) is 5.53. The van der Waals surface area contributed by atoms with Gasteiger partial charge in [-0.25, -0.2) is 13.4 Å². The molecule has 1 N–H and O–H groups in total. The summed E-state index contributed by atoms with van der Waals surface area (Å²) in [4.78, 5) is 16.1. The van der Waals surface area contributed by atoms with E-state index in [1.54, 1.807) is 6.20 Å². The molecule has 2 rings (SSSR count). The molecular weight excluding hydrogens is 290 g/mol. The molecule has 7 heteroatoms. The number of aromatic nitrogens is 2. The summed E-state index contributed by atoms with van der Waals surface area (Å²) in [5, 5.41) is 2.92. The van der Waals surface area contributed by atoms with E-state index < -0.39 is 9.84 Å². The Kier molecular flexibility index (Phi) is 5.03. The average molecular weight is 313 g/mol. The highest BCUT2D eigenvalue weighted by molar-refractivity contribution is 7.91. The molecule has 6 nitrogen and oxygen atoms in total. The molecule has 1 atom stereocenters. The molecule has 0 spiro atoms. The number of nitrogens with zero attached hydrogens (tertiary/aromatic N) is 2. The van der Waals surface area contributed by atoms with Crippen molar-refractivity contribution in [1.82, 2.24) is 14.9 Å². The Hall–Kier alpha value is -1.37. The van der Waals surface area contributed by atoms with Crippen molar-refractivity contribution in [2.45, 2.75) is 45.7 Å². The number of sulfone groups is 1. The van der Waals surface area contributed by atoms with Crippen molar-refractivity contribution in [3.8, 4) is 0 Å². The van der Waals surface area contributed by atoms with Crippen molar-refractivity contribution in [2.75, 3.05) is 11.5 Å². The lowest BCUT2D eigenvalue weighted by Crippen LogP contribution is -2.41. The van der Waals surface area contributed by atoms with Gasteiger partial charge >= 0.3 is 0 Å². The van der Waals surface area contributed by atoms with Crippen LogP contribution in [0.15, 0.2) is 12.4 Å². The zero-order chi connectivity index (χ0) is 15.5. The fraction of sp³-hybridized carbons (Fsp3) is 0.714. The van der Waals surface area contributed by atoms with E-state index in [9.17, 15) is 13.2 Å². The van der Waals surface area contributed by atoms with E-state index in [4.69, 9.17) is 0 Å². The van der Waals surface area contributed by atoms with Gasteiger partial charge in [-0.1, -0.05) is 13.8 Å². The van der Waals surface area contributed by atoms with E-state index in [0.717, 1.165) is 18.7 Å². The third kappa shape index (κ3) is 4.84. The van der Waals surface area contributed by atoms with Crippen LogP contribution < -0.4 is 5.32 Å². The summed E-state index contributed by atoms with van der Waals surface area (Å²) >= 11 is 0. The van der Waals surface area contributed by atoms with Crippen molar-refractivity contribution in [3.05, 3.63) is 18.2 Å². The van der Waals surface area contributed by atoms with E-state index in [2.05, 4.69) is 10.3 Å². The highest BCUT2D eigenvalue weighted by Gasteiger charge is 2.21. The summed E-state index contributed by atoms with van der Waals surface area (Å²) < 4.78 is 25.6. The summed E-state index contributed by atoms with van der Waals surface area (Å²) in [7, 11) is -3.13. The highest BCUT2D eigenvalue weighted by atomic mass is 32.2. The minimum absolute atomic E-state index is 0.0440. The molecule has 1 aliphatic rings.